The van der Waals surface area contributed by atoms with Gasteiger partial charge in [0.2, 0.25) is 5.91 Å². The Morgan fingerprint density at radius 3 is 2.77 bits per heavy atom. The van der Waals surface area contributed by atoms with Gasteiger partial charge in [0.25, 0.3) is 0 Å². The Morgan fingerprint density at radius 1 is 1.41 bits per heavy atom. The van der Waals surface area contributed by atoms with Crippen molar-refractivity contribution < 1.29 is 14.7 Å². The Balaban J connectivity index is 1.96. The van der Waals surface area contributed by atoms with Crippen molar-refractivity contribution in [2.24, 2.45) is 5.92 Å². The number of aromatic nitrogens is 1. The van der Waals surface area contributed by atoms with E-state index in [1.54, 1.807) is 25.2 Å². The second-order valence-electron chi connectivity index (χ2n) is 5.35. The van der Waals surface area contributed by atoms with E-state index in [2.05, 4.69) is 26.2 Å². The highest BCUT2D eigenvalue weighted by Gasteiger charge is 2.23. The minimum absolute atomic E-state index is 0.152. The monoisotopic (exact) mass is 384 g/mol. The van der Waals surface area contributed by atoms with Crippen LogP contribution in [0.1, 0.15) is 25.3 Å². The summed E-state index contributed by atoms with van der Waals surface area (Å²) in [6.07, 6.45) is 0.741. The lowest BCUT2D eigenvalue weighted by molar-refractivity contribution is -0.143. The topological polar surface area (TPSA) is 79.3 Å². The zero-order chi connectivity index (χ0) is 16.3. The first-order valence-electron chi connectivity index (χ1n) is 6.94. The summed E-state index contributed by atoms with van der Waals surface area (Å²) < 4.78 is 2.04. The van der Waals surface area contributed by atoms with E-state index in [9.17, 15) is 9.59 Å². The molecule has 0 bridgehead atoms. The van der Waals surface area contributed by atoms with Crippen LogP contribution in [0.4, 0.5) is 0 Å². The molecule has 0 saturated carbocycles. The van der Waals surface area contributed by atoms with Crippen LogP contribution in [-0.4, -0.2) is 28.0 Å². The van der Waals surface area contributed by atoms with Crippen LogP contribution in [0.15, 0.2) is 22.7 Å². The fraction of sp³-hybridized carbons (Fsp3) is 0.400. The van der Waals surface area contributed by atoms with E-state index in [0.717, 1.165) is 19.7 Å². The number of rotatable bonds is 6. The molecular formula is C15H17BrN2O3S. The predicted octanol–water partition coefficient (Wildman–Crippen LogP) is 3.22. The number of nitrogens with zero attached hydrogens (tertiary/aromatic N) is 1. The van der Waals surface area contributed by atoms with Gasteiger partial charge in [-0.1, -0.05) is 29.8 Å². The maximum absolute atomic E-state index is 11.9. The molecule has 0 aliphatic rings. The Kier molecular flexibility index (Phi) is 5.52. The molecule has 22 heavy (non-hydrogen) atoms. The molecule has 2 aromatic rings. The molecule has 0 saturated heterocycles. The maximum atomic E-state index is 11.9. The number of amides is 1. The van der Waals surface area contributed by atoms with Crippen molar-refractivity contribution in [1.82, 2.24) is 10.3 Å². The lowest BCUT2D eigenvalue weighted by Crippen LogP contribution is -2.44. The summed E-state index contributed by atoms with van der Waals surface area (Å²) in [5.41, 5.74) is 0.903. The van der Waals surface area contributed by atoms with Gasteiger partial charge in [-0.15, -0.1) is 11.3 Å². The van der Waals surface area contributed by atoms with Crippen molar-refractivity contribution >= 4 is 49.4 Å². The first-order chi connectivity index (χ1) is 10.4. The van der Waals surface area contributed by atoms with E-state index in [4.69, 9.17) is 5.11 Å². The fourth-order valence-corrected chi connectivity index (χ4v) is 3.33. The number of thiazole rings is 1. The summed E-state index contributed by atoms with van der Waals surface area (Å²) in [7, 11) is 0. The Labute approximate surface area is 140 Å². The lowest BCUT2D eigenvalue weighted by Gasteiger charge is -2.17. The van der Waals surface area contributed by atoms with Gasteiger partial charge in [-0.2, -0.15) is 0 Å². The molecule has 2 rings (SSSR count). The molecule has 0 spiro atoms. The normalized spacial score (nSPS) is 12.5. The zero-order valence-electron chi connectivity index (χ0n) is 12.3. The number of carbonyl (C=O) groups excluding carboxylic acids is 1. The molecule has 1 aromatic carbocycles. The second-order valence-corrected chi connectivity index (χ2v) is 7.38. The van der Waals surface area contributed by atoms with Crippen molar-refractivity contribution in [3.8, 4) is 0 Å². The highest BCUT2D eigenvalue weighted by Crippen LogP contribution is 2.25. The van der Waals surface area contributed by atoms with E-state index in [0.29, 0.717) is 6.42 Å². The van der Waals surface area contributed by atoms with Crippen LogP contribution in [-0.2, 0) is 16.0 Å². The van der Waals surface area contributed by atoms with Crippen LogP contribution < -0.4 is 5.32 Å². The highest BCUT2D eigenvalue weighted by molar-refractivity contribution is 9.10. The third-order valence-electron chi connectivity index (χ3n) is 3.21. The molecule has 5 nitrogen and oxygen atoms in total. The van der Waals surface area contributed by atoms with Crippen molar-refractivity contribution in [3.63, 3.8) is 0 Å². The van der Waals surface area contributed by atoms with Crippen LogP contribution in [0.25, 0.3) is 10.2 Å². The molecular weight excluding hydrogens is 368 g/mol. The first-order valence-corrected chi connectivity index (χ1v) is 8.55. The summed E-state index contributed by atoms with van der Waals surface area (Å²) in [5, 5.41) is 12.5. The lowest BCUT2D eigenvalue weighted by atomic mass is 10.0. The first kappa shape index (κ1) is 16.9. The largest absolute Gasteiger partial charge is 0.480 e. The average molecular weight is 385 g/mol. The molecule has 118 valence electrons. The standard InChI is InChI=1S/C15H17BrN2O3S/c1-8(2)14(15(20)21)18-12(19)5-6-13-17-10-7-9(16)3-4-11(10)22-13/h3-4,7-8,14H,5-6H2,1-2H3,(H,18,19)(H,20,21)/t14-/m1/s1. The van der Waals surface area contributed by atoms with Gasteiger partial charge in [-0.3, -0.25) is 4.79 Å². The van der Waals surface area contributed by atoms with Crippen LogP contribution in [0.2, 0.25) is 0 Å². The second kappa shape index (κ2) is 7.19. The van der Waals surface area contributed by atoms with Crippen LogP contribution in [0.5, 0.6) is 0 Å². The number of carbonyl (C=O) groups is 2. The van der Waals surface area contributed by atoms with Gasteiger partial charge in [0.1, 0.15) is 6.04 Å². The number of carboxylic acid groups (broad SMARTS) is 1. The van der Waals surface area contributed by atoms with Crippen molar-refractivity contribution in [3.05, 3.63) is 27.7 Å². The Morgan fingerprint density at radius 2 is 2.14 bits per heavy atom. The van der Waals surface area contributed by atoms with Gasteiger partial charge < -0.3 is 10.4 Å². The number of hydrogen-bond acceptors (Lipinski definition) is 4. The zero-order valence-corrected chi connectivity index (χ0v) is 14.7. The maximum Gasteiger partial charge on any atom is 0.326 e. The summed E-state index contributed by atoms with van der Waals surface area (Å²) in [6, 6.07) is 5.03. The Bertz CT molecular complexity index is 699. The molecule has 1 heterocycles. The van der Waals surface area contributed by atoms with Crippen molar-refractivity contribution in [2.45, 2.75) is 32.7 Å². The fourth-order valence-electron chi connectivity index (χ4n) is 2.03. The van der Waals surface area contributed by atoms with E-state index in [1.165, 1.54) is 0 Å². The van der Waals surface area contributed by atoms with Crippen molar-refractivity contribution in [2.75, 3.05) is 0 Å². The SMILES string of the molecule is CC(C)[C@@H](NC(=O)CCc1nc2cc(Br)ccc2s1)C(=O)O. The molecule has 7 heteroatoms. The minimum atomic E-state index is -1.01. The number of hydrogen-bond donors (Lipinski definition) is 2. The number of halogens is 1. The molecule has 1 aromatic heterocycles. The third kappa shape index (κ3) is 4.27. The van der Waals surface area contributed by atoms with Gasteiger partial charge in [0.15, 0.2) is 0 Å². The number of aliphatic carboxylic acids is 1. The van der Waals surface area contributed by atoms with Gasteiger partial charge in [0, 0.05) is 17.3 Å². The highest BCUT2D eigenvalue weighted by atomic mass is 79.9. The van der Waals surface area contributed by atoms with Gasteiger partial charge in [0.05, 0.1) is 15.2 Å². The average Bonchev–Trinajstić information content (AvgIpc) is 2.83. The van der Waals surface area contributed by atoms with E-state index < -0.39 is 12.0 Å². The number of aryl methyl sites for hydroxylation is 1. The van der Waals surface area contributed by atoms with Crippen LogP contribution >= 0.6 is 27.3 Å². The molecule has 0 aliphatic heterocycles. The van der Waals surface area contributed by atoms with Crippen molar-refractivity contribution in [1.29, 1.82) is 0 Å². The van der Waals surface area contributed by atoms with Crippen LogP contribution in [0, 0.1) is 5.92 Å². The molecule has 0 unspecified atom stereocenters. The molecule has 2 N–H and O–H groups in total. The quantitative estimate of drug-likeness (QED) is 0.800. The third-order valence-corrected chi connectivity index (χ3v) is 4.80. The van der Waals surface area contributed by atoms with E-state index in [-0.39, 0.29) is 18.2 Å². The van der Waals surface area contributed by atoms with Gasteiger partial charge >= 0.3 is 5.97 Å². The number of fused-ring (bicyclic) bond motifs is 1. The Hall–Kier alpha value is -1.47. The summed E-state index contributed by atoms with van der Waals surface area (Å²) >= 11 is 4.95. The predicted molar refractivity (Wildman–Crippen MR) is 90.0 cm³/mol. The number of nitrogens with one attached hydrogen (secondary N) is 1. The van der Waals surface area contributed by atoms with E-state index in [1.807, 2.05) is 18.2 Å². The smallest absolute Gasteiger partial charge is 0.326 e. The number of carboxylic acids is 1. The van der Waals surface area contributed by atoms with Gasteiger partial charge in [-0.05, 0) is 24.1 Å². The molecule has 1 atom stereocenters. The van der Waals surface area contributed by atoms with Gasteiger partial charge in [-0.25, -0.2) is 9.78 Å². The summed E-state index contributed by atoms with van der Waals surface area (Å²) in [6.45, 7) is 3.54. The summed E-state index contributed by atoms with van der Waals surface area (Å²) in [5.74, 6) is -1.42. The minimum Gasteiger partial charge on any atom is -0.480 e. The molecule has 1 amide bonds. The molecule has 0 aliphatic carbocycles. The molecule has 0 fully saturated rings. The van der Waals surface area contributed by atoms with Crippen LogP contribution in [0.3, 0.4) is 0 Å². The number of benzene rings is 1. The molecule has 0 radical (unpaired) electrons. The van der Waals surface area contributed by atoms with E-state index >= 15 is 0 Å². The summed E-state index contributed by atoms with van der Waals surface area (Å²) in [4.78, 5) is 27.5.